The van der Waals surface area contributed by atoms with Gasteiger partial charge in [-0.1, -0.05) is 24.3 Å². The van der Waals surface area contributed by atoms with E-state index in [-0.39, 0.29) is 11.8 Å². The van der Waals surface area contributed by atoms with Crippen molar-refractivity contribution in [1.29, 1.82) is 0 Å². The van der Waals surface area contributed by atoms with E-state index in [4.69, 9.17) is 12.4 Å². The van der Waals surface area contributed by atoms with Gasteiger partial charge in [-0.3, -0.25) is 0 Å². The molecule has 0 aliphatic heterocycles. The van der Waals surface area contributed by atoms with E-state index in [0.717, 1.165) is 12.0 Å². The third-order valence-corrected chi connectivity index (χ3v) is 4.59. The maximum absolute atomic E-state index is 12.2. The summed E-state index contributed by atoms with van der Waals surface area (Å²) in [4.78, 5) is 4.27. The predicted octanol–water partition coefficient (Wildman–Crippen LogP) is 4.42. The third kappa shape index (κ3) is 3.97. The summed E-state index contributed by atoms with van der Waals surface area (Å²) in [6, 6.07) is 13.6. The van der Waals surface area contributed by atoms with Crippen molar-refractivity contribution >= 4 is 12.4 Å². The Labute approximate surface area is 158 Å². The quantitative estimate of drug-likeness (QED) is 0.647. The van der Waals surface area contributed by atoms with Gasteiger partial charge in [-0.15, -0.1) is 18.3 Å². The van der Waals surface area contributed by atoms with Crippen LogP contribution in [0.5, 0.6) is 5.75 Å². The highest BCUT2D eigenvalue weighted by atomic mass is 32.1. The molecule has 2 aromatic carbocycles. The second-order valence-electron chi connectivity index (χ2n) is 6.19. The second-order valence-corrected chi connectivity index (χ2v) is 6.40. The molecule has 1 fully saturated rings. The largest absolute Gasteiger partial charge is 0.573 e. The fraction of sp³-hybridized carbons (Fsp3) is 0.222. The Balaban J connectivity index is 1.49. The van der Waals surface area contributed by atoms with Gasteiger partial charge < -0.3 is 4.74 Å². The molecule has 9 heteroatoms. The van der Waals surface area contributed by atoms with Crippen LogP contribution in [-0.4, -0.2) is 27.2 Å². The lowest BCUT2D eigenvalue weighted by Crippen LogP contribution is -2.17. The van der Waals surface area contributed by atoms with Gasteiger partial charge in [0.2, 0.25) is 0 Å². The lowest BCUT2D eigenvalue weighted by atomic mass is 10.1. The molecule has 1 aliphatic carbocycles. The average Bonchev–Trinajstić information content (AvgIpc) is 3.28. The highest BCUT2D eigenvalue weighted by Crippen LogP contribution is 2.43. The zero-order valence-corrected chi connectivity index (χ0v) is 14.6. The van der Waals surface area contributed by atoms with Crippen molar-refractivity contribution in [3.05, 3.63) is 60.4 Å². The van der Waals surface area contributed by atoms with Crippen molar-refractivity contribution in [2.45, 2.75) is 24.7 Å². The zero-order chi connectivity index (χ0) is 19.0. The van der Waals surface area contributed by atoms with E-state index in [2.05, 4.69) is 19.2 Å². The standard InChI is InChI=1S/C18H13F3N4OS/c19-18(20,21)26-14-7-5-13(6-8-14)25-10-22-17(23-25)12-3-1-11(2-4-12)15-9-16(15)24-27/h1-8,10,15-16H,9H2. The van der Waals surface area contributed by atoms with Crippen LogP contribution in [0.15, 0.2) is 59.2 Å². The molecule has 2 atom stereocenters. The fourth-order valence-corrected chi connectivity index (χ4v) is 3.09. The first-order valence-electron chi connectivity index (χ1n) is 8.13. The maximum atomic E-state index is 12.2. The predicted molar refractivity (Wildman–Crippen MR) is 94.4 cm³/mol. The molecule has 0 N–H and O–H groups in total. The molecule has 0 saturated heterocycles. The van der Waals surface area contributed by atoms with E-state index in [1.165, 1.54) is 40.8 Å². The number of nitrogens with zero attached hydrogens (tertiary/aromatic N) is 4. The Morgan fingerprint density at radius 2 is 1.78 bits per heavy atom. The van der Waals surface area contributed by atoms with Gasteiger partial charge in [0.15, 0.2) is 5.82 Å². The topological polar surface area (TPSA) is 52.3 Å². The lowest BCUT2D eigenvalue weighted by Gasteiger charge is -2.09. The van der Waals surface area contributed by atoms with Crippen molar-refractivity contribution in [3.63, 3.8) is 0 Å². The highest BCUT2D eigenvalue weighted by Gasteiger charge is 2.38. The highest BCUT2D eigenvalue weighted by molar-refractivity contribution is 7.47. The molecule has 1 heterocycles. The summed E-state index contributed by atoms with van der Waals surface area (Å²) < 4.78 is 45.9. The molecule has 0 radical (unpaired) electrons. The van der Waals surface area contributed by atoms with Gasteiger partial charge in [0.05, 0.1) is 11.7 Å². The molecule has 0 bridgehead atoms. The minimum Gasteiger partial charge on any atom is -0.406 e. The van der Waals surface area contributed by atoms with Crippen LogP contribution < -0.4 is 4.74 Å². The molecule has 2 unspecified atom stereocenters. The summed E-state index contributed by atoms with van der Waals surface area (Å²) in [5.41, 5.74) is 2.62. The Bertz CT molecular complexity index is 954. The summed E-state index contributed by atoms with van der Waals surface area (Å²) in [6.07, 6.45) is -2.21. The molecule has 0 amide bonds. The molecular weight excluding hydrogens is 377 g/mol. The Kier molecular flexibility index (Phi) is 4.39. The summed E-state index contributed by atoms with van der Waals surface area (Å²) >= 11 is 4.74. The van der Waals surface area contributed by atoms with Gasteiger partial charge in [-0.25, -0.2) is 14.0 Å². The van der Waals surface area contributed by atoms with E-state index < -0.39 is 6.36 Å². The Morgan fingerprint density at radius 1 is 1.07 bits per heavy atom. The van der Waals surface area contributed by atoms with E-state index in [1.807, 2.05) is 24.3 Å². The van der Waals surface area contributed by atoms with Crippen LogP contribution in [-0.2, 0) is 12.4 Å². The van der Waals surface area contributed by atoms with Crippen molar-refractivity contribution in [3.8, 4) is 22.8 Å². The number of rotatable bonds is 5. The van der Waals surface area contributed by atoms with E-state index >= 15 is 0 Å². The SMILES string of the molecule is FC(F)(F)Oc1ccc(-n2cnc(-c3ccc(C4CC4N=S)cc3)n2)cc1. The molecule has 27 heavy (non-hydrogen) atoms. The van der Waals surface area contributed by atoms with Crippen molar-refractivity contribution < 1.29 is 17.9 Å². The third-order valence-electron chi connectivity index (χ3n) is 4.32. The van der Waals surface area contributed by atoms with Crippen molar-refractivity contribution in [2.24, 2.45) is 4.36 Å². The van der Waals surface area contributed by atoms with Crippen LogP contribution in [0.25, 0.3) is 17.1 Å². The minimum absolute atomic E-state index is 0.243. The minimum atomic E-state index is -4.71. The summed E-state index contributed by atoms with van der Waals surface area (Å²) in [5, 5.41) is 4.38. The van der Waals surface area contributed by atoms with Gasteiger partial charge in [0, 0.05) is 23.9 Å². The number of hydrogen-bond donors (Lipinski definition) is 0. The van der Waals surface area contributed by atoms with Gasteiger partial charge in [0.1, 0.15) is 12.1 Å². The van der Waals surface area contributed by atoms with Gasteiger partial charge >= 0.3 is 6.36 Å². The first-order valence-corrected chi connectivity index (χ1v) is 8.50. The molecule has 138 valence electrons. The molecule has 3 aromatic rings. The van der Waals surface area contributed by atoms with Gasteiger partial charge in [-0.05, 0) is 36.2 Å². The van der Waals surface area contributed by atoms with Crippen molar-refractivity contribution in [1.82, 2.24) is 14.8 Å². The molecule has 4 rings (SSSR count). The lowest BCUT2D eigenvalue weighted by molar-refractivity contribution is -0.274. The van der Waals surface area contributed by atoms with E-state index in [0.29, 0.717) is 17.4 Å². The smallest absolute Gasteiger partial charge is 0.406 e. The number of alkyl halides is 3. The maximum Gasteiger partial charge on any atom is 0.573 e. The number of aromatic nitrogens is 3. The average molecular weight is 390 g/mol. The van der Waals surface area contributed by atoms with Crippen LogP contribution in [0.4, 0.5) is 13.2 Å². The van der Waals surface area contributed by atoms with Crippen LogP contribution in [0.1, 0.15) is 17.9 Å². The van der Waals surface area contributed by atoms with Crippen LogP contribution in [0.2, 0.25) is 0 Å². The Morgan fingerprint density at radius 3 is 2.37 bits per heavy atom. The normalized spacial score (nSPS) is 18.9. The molecular formula is C18H13F3N4OS. The number of ether oxygens (including phenoxy) is 1. The van der Waals surface area contributed by atoms with Crippen LogP contribution in [0, 0.1) is 0 Å². The zero-order valence-electron chi connectivity index (χ0n) is 13.8. The molecule has 1 aliphatic rings. The van der Waals surface area contributed by atoms with E-state index in [1.54, 1.807) is 0 Å². The van der Waals surface area contributed by atoms with Crippen LogP contribution in [0.3, 0.4) is 0 Å². The number of hydrogen-bond acceptors (Lipinski definition) is 5. The van der Waals surface area contributed by atoms with Crippen LogP contribution >= 0.6 is 0 Å². The second kappa shape index (κ2) is 6.73. The number of halogens is 3. The number of benzene rings is 2. The van der Waals surface area contributed by atoms with E-state index in [9.17, 15) is 13.2 Å². The van der Waals surface area contributed by atoms with Crippen molar-refractivity contribution in [2.75, 3.05) is 0 Å². The first-order chi connectivity index (χ1) is 12.9. The molecule has 1 saturated carbocycles. The Hall–Kier alpha value is -2.81. The van der Waals surface area contributed by atoms with Gasteiger partial charge in [0.25, 0.3) is 0 Å². The summed E-state index contributed by atoms with van der Waals surface area (Å²) in [6.45, 7) is 0. The van der Waals surface area contributed by atoms with Gasteiger partial charge in [-0.2, -0.15) is 0 Å². The summed E-state index contributed by atoms with van der Waals surface area (Å²) in [7, 11) is 0. The molecule has 5 nitrogen and oxygen atoms in total. The first kappa shape index (κ1) is 17.6. The monoisotopic (exact) mass is 390 g/mol. The molecule has 0 spiro atoms. The summed E-state index contributed by atoms with van der Waals surface area (Å²) in [5.74, 6) is 0.642. The molecule has 1 aromatic heterocycles. The fourth-order valence-electron chi connectivity index (χ4n) is 2.86.